The number of esters is 2. The van der Waals surface area contributed by atoms with Gasteiger partial charge in [-0.05, 0) is 89.5 Å². The first-order valence-corrected chi connectivity index (χ1v) is 28.3. The molecule has 2 rings (SSSR count). The highest BCUT2D eigenvalue weighted by Gasteiger charge is 2.46. The number of allylic oxidation sites excluding steroid dienone is 14. The first-order chi connectivity index (χ1) is 35.1. The minimum Gasteiger partial charge on any atom is -0.462 e. The summed E-state index contributed by atoms with van der Waals surface area (Å²) >= 11 is 0. The van der Waals surface area contributed by atoms with Crippen molar-refractivity contribution in [2.75, 3.05) is 25.6 Å². The maximum Gasteiger partial charge on any atom is 0.481 e. The Hall–Kier alpha value is -4.36. The summed E-state index contributed by atoms with van der Waals surface area (Å²) in [6.45, 7) is 1.84. The Morgan fingerprint density at radius 3 is 2.00 bits per heavy atom. The molecular weight excluding hydrogens is 985 g/mol. The van der Waals surface area contributed by atoms with Crippen LogP contribution in [-0.4, -0.2) is 96.9 Å². The fraction of sp³-hybridized carbons (Fsp3) is 0.577. The van der Waals surface area contributed by atoms with Gasteiger partial charge in [-0.2, -0.15) is 9.29 Å². The standard InChI is InChI=1S/C52H81N3O16P2/c1-3-5-7-9-11-12-13-14-15-16-17-18-19-20-24-28-32-36-47(57)66-40-44(69-48(58)37-33-29-25-22-21-23-27-31-35-43(56)34-30-26-10-8-6-4-2)41-67-72(62,63)71-73(64,65)68-42-45-49(59)50(60)51(70-45)55-39-38-46(53)54-52(55)61/h6,8,11-12,14-15,17-18,22-23,25-27,30-31,35,38-39,43-45,49-51,56,59-60H,3-5,7,9-10,13,16,19-21,24,28-29,32-34,36-37,40-42H2,1-2H3,(H,62,63)(H,64,65)(H2,53,54,61)/b8-6-,12-11-,15-14-,18-17-,25-22-,27-23-,30-26-,35-31+/t43?,44-,45-,49-,50-,51-/m1/s1. The number of aliphatic hydroxyl groups is 3. The van der Waals surface area contributed by atoms with Crippen molar-refractivity contribution in [1.29, 1.82) is 0 Å². The van der Waals surface area contributed by atoms with E-state index >= 15 is 0 Å². The molecule has 0 amide bonds. The lowest BCUT2D eigenvalue weighted by molar-refractivity contribution is -0.161. The molecule has 3 unspecified atom stereocenters. The van der Waals surface area contributed by atoms with Crippen LogP contribution in [0.15, 0.2) is 114 Å². The first kappa shape index (κ1) is 64.8. The summed E-state index contributed by atoms with van der Waals surface area (Å²) in [6.07, 6.45) is 39.5. The second kappa shape index (κ2) is 39.1. The average Bonchev–Trinajstić information content (AvgIpc) is 3.62. The molecule has 73 heavy (non-hydrogen) atoms. The largest absolute Gasteiger partial charge is 0.481 e. The van der Waals surface area contributed by atoms with Crippen LogP contribution < -0.4 is 11.4 Å². The Labute approximate surface area is 431 Å². The van der Waals surface area contributed by atoms with Crippen molar-refractivity contribution in [3.63, 3.8) is 0 Å². The van der Waals surface area contributed by atoms with Crippen molar-refractivity contribution in [2.24, 2.45) is 0 Å². The maximum atomic E-state index is 12.9. The van der Waals surface area contributed by atoms with E-state index in [2.05, 4.69) is 71.8 Å². The van der Waals surface area contributed by atoms with Crippen molar-refractivity contribution in [3.8, 4) is 0 Å². The Balaban J connectivity index is 1.86. The molecule has 410 valence electrons. The van der Waals surface area contributed by atoms with E-state index in [4.69, 9.17) is 29.0 Å². The number of hydrogen-bond acceptors (Lipinski definition) is 16. The fourth-order valence-corrected chi connectivity index (χ4v) is 8.90. The Kier molecular flexibility index (Phi) is 34.7. The molecular formula is C52H81N3O16P2. The summed E-state index contributed by atoms with van der Waals surface area (Å²) in [5.74, 6) is -1.45. The van der Waals surface area contributed by atoms with Gasteiger partial charge in [0.2, 0.25) is 0 Å². The summed E-state index contributed by atoms with van der Waals surface area (Å²) in [6, 6.07) is 1.24. The number of anilines is 1. The van der Waals surface area contributed by atoms with Crippen molar-refractivity contribution < 1.29 is 71.4 Å². The van der Waals surface area contributed by atoms with Crippen LogP contribution in [0.4, 0.5) is 5.82 Å². The smallest absolute Gasteiger partial charge is 0.462 e. The van der Waals surface area contributed by atoms with Crippen LogP contribution in [0, 0.1) is 0 Å². The van der Waals surface area contributed by atoms with Gasteiger partial charge in [-0.3, -0.25) is 23.2 Å². The highest BCUT2D eigenvalue weighted by Crippen LogP contribution is 2.60. The van der Waals surface area contributed by atoms with Gasteiger partial charge >= 0.3 is 33.3 Å². The van der Waals surface area contributed by atoms with Crippen molar-refractivity contribution in [2.45, 2.75) is 173 Å². The van der Waals surface area contributed by atoms with Crippen LogP contribution in [0.25, 0.3) is 0 Å². The molecule has 1 saturated heterocycles. The zero-order valence-electron chi connectivity index (χ0n) is 42.5. The number of aliphatic hydroxyl groups excluding tert-OH is 3. The van der Waals surface area contributed by atoms with Crippen molar-refractivity contribution in [3.05, 3.63) is 120 Å². The number of carbonyl (C=O) groups excluding carboxylic acids is 2. The normalized spacial score (nSPS) is 20.2. The van der Waals surface area contributed by atoms with Gasteiger partial charge in [-0.1, -0.05) is 137 Å². The van der Waals surface area contributed by atoms with Crippen molar-refractivity contribution in [1.82, 2.24) is 9.55 Å². The van der Waals surface area contributed by atoms with E-state index in [1.54, 1.807) is 12.2 Å². The van der Waals surface area contributed by atoms with E-state index in [1.165, 1.54) is 25.3 Å². The molecule has 21 heteroatoms. The maximum absolute atomic E-state index is 12.9. The van der Waals surface area contributed by atoms with Gasteiger partial charge in [0.25, 0.3) is 0 Å². The number of nitrogen functional groups attached to an aromatic ring is 1. The molecule has 0 spiro atoms. The lowest BCUT2D eigenvalue weighted by Gasteiger charge is -2.21. The minimum absolute atomic E-state index is 0.0709. The summed E-state index contributed by atoms with van der Waals surface area (Å²) < 4.78 is 56.6. The van der Waals surface area contributed by atoms with E-state index in [1.807, 2.05) is 36.5 Å². The highest BCUT2D eigenvalue weighted by atomic mass is 31.3. The second-order valence-corrected chi connectivity index (χ2v) is 20.2. The lowest BCUT2D eigenvalue weighted by atomic mass is 10.1. The topological polar surface area (TPSA) is 286 Å². The van der Waals surface area contributed by atoms with Crippen LogP contribution >= 0.6 is 15.6 Å². The average molecular weight is 1070 g/mol. The van der Waals surface area contributed by atoms with Gasteiger partial charge in [0.05, 0.1) is 19.3 Å². The molecule has 19 nitrogen and oxygen atoms in total. The highest BCUT2D eigenvalue weighted by molar-refractivity contribution is 7.61. The summed E-state index contributed by atoms with van der Waals surface area (Å²) in [5.41, 5.74) is 4.57. The van der Waals surface area contributed by atoms with Gasteiger partial charge in [-0.25, -0.2) is 13.9 Å². The number of hydrogen-bond donors (Lipinski definition) is 6. The first-order valence-electron chi connectivity index (χ1n) is 25.4. The summed E-state index contributed by atoms with van der Waals surface area (Å²) in [7, 11) is -10.9. The monoisotopic (exact) mass is 1070 g/mol. The van der Waals surface area contributed by atoms with Gasteiger partial charge in [0.1, 0.15) is 30.7 Å². The number of phosphoric acid groups is 2. The summed E-state index contributed by atoms with van der Waals surface area (Å²) in [5, 5.41) is 31.0. The number of carbonyl (C=O) groups is 2. The SMILES string of the molecule is CC/C=C\C/C=C\CC(O)/C=C/C=C\C/C=C\CCCC(=O)O[C@H](COC(=O)CCCCCC/C=C\C/C=C\C/C=C\CCCCC)COP(=O)(O)OP(=O)(O)OC[C@H]1O[C@@H](n2ccc(N)nc2=O)[C@H](O)[C@@H]1O. The quantitative estimate of drug-likeness (QED) is 0.0117. The number of rotatable bonds is 40. The Bertz CT molecular complexity index is 2120. The molecule has 0 aliphatic carbocycles. The number of unbranched alkanes of at least 4 members (excludes halogenated alkanes) is 8. The second-order valence-electron chi connectivity index (χ2n) is 17.1. The molecule has 2 heterocycles. The van der Waals surface area contributed by atoms with Crippen molar-refractivity contribution >= 4 is 33.4 Å². The number of phosphoric ester groups is 2. The molecule has 1 fully saturated rings. The number of aromatic nitrogens is 2. The van der Waals surface area contributed by atoms with Gasteiger partial charge in [0, 0.05) is 19.0 Å². The van der Waals surface area contributed by atoms with Crippen LogP contribution in [-0.2, 0) is 46.3 Å². The predicted molar refractivity (Wildman–Crippen MR) is 281 cm³/mol. The molecule has 1 aliphatic heterocycles. The van der Waals surface area contributed by atoms with E-state index in [9.17, 15) is 48.6 Å². The molecule has 1 aromatic heterocycles. The molecule has 1 aliphatic rings. The van der Waals surface area contributed by atoms with Crippen LogP contribution in [0.3, 0.4) is 0 Å². The van der Waals surface area contributed by atoms with Crippen LogP contribution in [0.2, 0.25) is 0 Å². The third-order valence-electron chi connectivity index (χ3n) is 10.7. The number of nitrogens with zero attached hydrogens (tertiary/aromatic N) is 2. The lowest BCUT2D eigenvalue weighted by Crippen LogP contribution is -2.36. The van der Waals surface area contributed by atoms with Gasteiger partial charge < -0.3 is 45.1 Å². The van der Waals surface area contributed by atoms with Crippen LogP contribution in [0.1, 0.15) is 142 Å². The molecule has 7 N–H and O–H groups in total. The minimum atomic E-state index is -5.46. The predicted octanol–water partition coefficient (Wildman–Crippen LogP) is 9.41. The zero-order chi connectivity index (χ0) is 53.6. The van der Waals surface area contributed by atoms with Crippen LogP contribution in [0.5, 0.6) is 0 Å². The number of nitrogens with two attached hydrogens (primary N) is 1. The fourth-order valence-electron chi connectivity index (χ4n) is 6.79. The van der Waals surface area contributed by atoms with E-state index < -0.39 is 89.8 Å². The Morgan fingerprint density at radius 1 is 0.740 bits per heavy atom. The molecule has 0 saturated carbocycles. The zero-order valence-corrected chi connectivity index (χ0v) is 44.3. The number of ether oxygens (including phenoxy) is 3. The van der Waals surface area contributed by atoms with E-state index in [0.29, 0.717) is 32.1 Å². The molecule has 8 atom stereocenters. The van der Waals surface area contributed by atoms with E-state index in [0.717, 1.165) is 68.6 Å². The molecule has 0 radical (unpaired) electrons. The third kappa shape index (κ3) is 31.9. The third-order valence-corrected chi connectivity index (χ3v) is 13.3. The summed E-state index contributed by atoms with van der Waals surface area (Å²) in [4.78, 5) is 61.9. The molecule has 1 aromatic rings. The van der Waals surface area contributed by atoms with E-state index in [-0.39, 0.29) is 18.7 Å². The van der Waals surface area contributed by atoms with Gasteiger partial charge in [0.15, 0.2) is 12.3 Å². The molecule has 0 aromatic carbocycles. The van der Waals surface area contributed by atoms with Gasteiger partial charge in [-0.15, -0.1) is 0 Å². The Morgan fingerprint density at radius 2 is 1.33 bits per heavy atom. The molecule has 0 bridgehead atoms.